The first-order valence-electron chi connectivity index (χ1n) is 7.61. The van der Waals surface area contributed by atoms with Crippen LogP contribution in [0.3, 0.4) is 0 Å². The smallest absolute Gasteiger partial charge is 0.408 e. The van der Waals surface area contributed by atoms with Crippen molar-refractivity contribution < 1.29 is 19.1 Å². The third kappa shape index (κ3) is 8.52. The highest BCUT2D eigenvalue weighted by molar-refractivity contribution is 6.30. The minimum atomic E-state index is -0.734. The Labute approximate surface area is 152 Å². The van der Waals surface area contributed by atoms with E-state index in [0.29, 0.717) is 24.7 Å². The third-order valence-corrected chi connectivity index (χ3v) is 3.46. The molecule has 0 unspecified atom stereocenters. The first kappa shape index (κ1) is 20.7. The highest BCUT2D eigenvalue weighted by atomic mass is 35.5. The Kier molecular flexibility index (Phi) is 8.53. The van der Waals surface area contributed by atoms with Gasteiger partial charge in [0.15, 0.2) is 5.78 Å². The van der Waals surface area contributed by atoms with Gasteiger partial charge in [-0.2, -0.15) is 0 Å². The van der Waals surface area contributed by atoms with E-state index < -0.39 is 17.7 Å². The number of Topliss-reactive ketones (excluding diaryl/α,β-unsaturated/α-hetero) is 1. The van der Waals surface area contributed by atoms with E-state index in [4.69, 9.17) is 32.7 Å². The van der Waals surface area contributed by atoms with Crippen molar-refractivity contribution in [1.82, 2.24) is 5.32 Å². The quantitative estimate of drug-likeness (QED) is 0.551. The number of benzene rings is 1. The van der Waals surface area contributed by atoms with Gasteiger partial charge in [0.25, 0.3) is 0 Å². The van der Waals surface area contributed by atoms with Crippen LogP contribution < -0.4 is 5.32 Å². The Hall–Kier alpha value is -1.30. The van der Waals surface area contributed by atoms with E-state index in [9.17, 15) is 9.59 Å². The zero-order chi connectivity index (χ0) is 18.2. The van der Waals surface area contributed by atoms with Crippen LogP contribution >= 0.6 is 23.2 Å². The molecule has 1 rings (SSSR count). The van der Waals surface area contributed by atoms with E-state index in [-0.39, 0.29) is 11.7 Å². The molecule has 24 heavy (non-hydrogen) atoms. The summed E-state index contributed by atoms with van der Waals surface area (Å²) in [5, 5.41) is 3.20. The van der Waals surface area contributed by atoms with Crippen molar-refractivity contribution in [2.75, 3.05) is 12.5 Å². The molecule has 0 heterocycles. The molecule has 5 nitrogen and oxygen atoms in total. The number of rotatable bonds is 8. The van der Waals surface area contributed by atoms with Crippen molar-refractivity contribution in [3.8, 4) is 0 Å². The number of carbonyl (C=O) groups excluding carboxylic acids is 2. The Morgan fingerprint density at radius 2 is 1.83 bits per heavy atom. The van der Waals surface area contributed by atoms with Gasteiger partial charge in [-0.1, -0.05) is 23.7 Å². The van der Waals surface area contributed by atoms with Crippen LogP contribution in [-0.2, 0) is 20.9 Å². The molecular weight excluding hydrogens is 353 g/mol. The normalized spacial score (nSPS) is 12.5. The highest BCUT2D eigenvalue weighted by Crippen LogP contribution is 2.11. The molecule has 0 radical (unpaired) electrons. The van der Waals surface area contributed by atoms with Crippen molar-refractivity contribution >= 4 is 35.1 Å². The lowest BCUT2D eigenvalue weighted by Gasteiger charge is -2.22. The number of carbonyl (C=O) groups is 2. The molecule has 0 aliphatic rings. The second-order valence-corrected chi connectivity index (χ2v) is 6.97. The molecule has 0 saturated carbocycles. The fourth-order valence-electron chi connectivity index (χ4n) is 1.83. The molecule has 1 amide bonds. The summed E-state index contributed by atoms with van der Waals surface area (Å²) in [5.41, 5.74) is 0.337. The van der Waals surface area contributed by atoms with Gasteiger partial charge in [-0.3, -0.25) is 4.79 Å². The van der Waals surface area contributed by atoms with Gasteiger partial charge in [-0.05, 0) is 44.9 Å². The van der Waals surface area contributed by atoms with Crippen LogP contribution in [0.1, 0.15) is 32.8 Å². The molecule has 0 fully saturated rings. The minimum Gasteiger partial charge on any atom is -0.444 e. The van der Waals surface area contributed by atoms with E-state index in [1.807, 2.05) is 12.1 Å². The van der Waals surface area contributed by atoms with Gasteiger partial charge < -0.3 is 14.8 Å². The van der Waals surface area contributed by atoms with Gasteiger partial charge in [0.1, 0.15) is 5.60 Å². The second kappa shape index (κ2) is 9.87. The van der Waals surface area contributed by atoms with Gasteiger partial charge in [0, 0.05) is 11.6 Å². The number of amides is 1. The summed E-state index contributed by atoms with van der Waals surface area (Å²) in [4.78, 5) is 23.6. The Morgan fingerprint density at radius 1 is 1.21 bits per heavy atom. The zero-order valence-corrected chi connectivity index (χ0v) is 15.6. The Morgan fingerprint density at radius 3 is 2.38 bits per heavy atom. The number of alkyl carbamates (subject to hydrolysis) is 1. The molecule has 0 aromatic heterocycles. The number of nitrogens with one attached hydrogen (secondary N) is 1. The molecule has 1 atom stereocenters. The van der Waals surface area contributed by atoms with Crippen LogP contribution in [0.15, 0.2) is 24.3 Å². The SMILES string of the molecule is CC(C)(C)OC(=O)N[C@@H](CCOCc1ccc(Cl)cc1)C(=O)CCl. The van der Waals surface area contributed by atoms with E-state index in [0.717, 1.165) is 5.56 Å². The largest absolute Gasteiger partial charge is 0.444 e. The number of hydrogen-bond donors (Lipinski definition) is 1. The summed E-state index contributed by atoms with van der Waals surface area (Å²) >= 11 is 11.4. The van der Waals surface area contributed by atoms with E-state index in [1.165, 1.54) is 0 Å². The molecule has 0 aliphatic heterocycles. The van der Waals surface area contributed by atoms with Gasteiger partial charge in [0.2, 0.25) is 0 Å². The van der Waals surface area contributed by atoms with E-state index in [2.05, 4.69) is 5.32 Å². The summed E-state index contributed by atoms with van der Waals surface area (Å²) in [7, 11) is 0. The van der Waals surface area contributed by atoms with Crippen LogP contribution in [0.2, 0.25) is 5.02 Å². The van der Waals surface area contributed by atoms with E-state index >= 15 is 0 Å². The lowest BCUT2D eigenvalue weighted by atomic mass is 10.1. The predicted octanol–water partition coefficient (Wildman–Crippen LogP) is 3.95. The molecule has 1 aromatic rings. The molecular formula is C17H23Cl2NO4. The molecule has 7 heteroatoms. The average molecular weight is 376 g/mol. The zero-order valence-electron chi connectivity index (χ0n) is 14.1. The van der Waals surface area contributed by atoms with Gasteiger partial charge in [0.05, 0.1) is 18.5 Å². The first-order chi connectivity index (χ1) is 11.2. The monoisotopic (exact) mass is 375 g/mol. The Bertz CT molecular complexity index is 541. The number of ether oxygens (including phenoxy) is 2. The van der Waals surface area contributed by atoms with Crippen LogP contribution in [0.5, 0.6) is 0 Å². The average Bonchev–Trinajstić information content (AvgIpc) is 2.49. The highest BCUT2D eigenvalue weighted by Gasteiger charge is 2.23. The third-order valence-electron chi connectivity index (χ3n) is 2.94. The summed E-state index contributed by atoms with van der Waals surface area (Å²) < 4.78 is 10.7. The number of ketones is 1. The topological polar surface area (TPSA) is 64.6 Å². The Balaban J connectivity index is 2.44. The second-order valence-electron chi connectivity index (χ2n) is 6.27. The minimum absolute atomic E-state index is 0.183. The molecule has 1 aromatic carbocycles. The summed E-state index contributed by atoms with van der Waals surface area (Å²) in [6.45, 7) is 5.94. The molecule has 0 aliphatic carbocycles. The van der Waals surface area contributed by atoms with Crippen molar-refractivity contribution in [1.29, 1.82) is 0 Å². The predicted molar refractivity (Wildman–Crippen MR) is 94.6 cm³/mol. The van der Waals surface area contributed by atoms with Gasteiger partial charge >= 0.3 is 6.09 Å². The summed E-state index contributed by atoms with van der Waals surface area (Å²) in [5.74, 6) is -0.463. The molecule has 1 N–H and O–H groups in total. The van der Waals surface area contributed by atoms with Crippen molar-refractivity contribution in [2.45, 2.75) is 45.4 Å². The van der Waals surface area contributed by atoms with Crippen LogP contribution in [0, 0.1) is 0 Å². The van der Waals surface area contributed by atoms with Gasteiger partial charge in [-0.25, -0.2) is 4.79 Å². The number of halogens is 2. The van der Waals surface area contributed by atoms with Crippen LogP contribution in [-0.4, -0.2) is 36.0 Å². The summed E-state index contributed by atoms with van der Waals surface area (Å²) in [6.07, 6.45) is -0.332. The van der Waals surface area contributed by atoms with Crippen LogP contribution in [0.4, 0.5) is 4.79 Å². The molecule has 134 valence electrons. The van der Waals surface area contributed by atoms with Crippen molar-refractivity contribution in [2.24, 2.45) is 0 Å². The standard InChI is InChI=1S/C17H23Cl2NO4/c1-17(2,3)24-16(22)20-14(15(21)10-18)8-9-23-11-12-4-6-13(19)7-5-12/h4-7,14H,8-11H2,1-3H3,(H,20,22)/t14-/m0/s1. The maximum Gasteiger partial charge on any atom is 0.408 e. The molecule has 0 saturated heterocycles. The molecule has 0 spiro atoms. The number of hydrogen-bond acceptors (Lipinski definition) is 4. The molecule has 0 bridgehead atoms. The first-order valence-corrected chi connectivity index (χ1v) is 8.53. The maximum absolute atomic E-state index is 11.8. The van der Waals surface area contributed by atoms with Crippen LogP contribution in [0.25, 0.3) is 0 Å². The van der Waals surface area contributed by atoms with Gasteiger partial charge in [-0.15, -0.1) is 11.6 Å². The lowest BCUT2D eigenvalue weighted by molar-refractivity contribution is -0.119. The fourth-order valence-corrected chi connectivity index (χ4v) is 2.14. The van der Waals surface area contributed by atoms with Crippen molar-refractivity contribution in [3.05, 3.63) is 34.9 Å². The fraction of sp³-hybridized carbons (Fsp3) is 0.529. The summed E-state index contributed by atoms with van der Waals surface area (Å²) in [6, 6.07) is 6.56. The maximum atomic E-state index is 11.8. The lowest BCUT2D eigenvalue weighted by Crippen LogP contribution is -2.44. The van der Waals surface area contributed by atoms with E-state index in [1.54, 1.807) is 32.9 Å². The number of alkyl halides is 1. The van der Waals surface area contributed by atoms with Crippen molar-refractivity contribution in [3.63, 3.8) is 0 Å².